The molecule has 0 aliphatic heterocycles. The molecule has 0 radical (unpaired) electrons. The predicted molar refractivity (Wildman–Crippen MR) is 55.7 cm³/mol. The van der Waals surface area contributed by atoms with Gasteiger partial charge in [0, 0.05) is 12.6 Å². The molecule has 0 aromatic heterocycles. The molecule has 3 unspecified atom stereocenters. The van der Waals surface area contributed by atoms with E-state index >= 15 is 0 Å². The average molecular weight is 185 g/mol. The highest BCUT2D eigenvalue weighted by molar-refractivity contribution is 4.79. The first-order chi connectivity index (χ1) is 6.24. The van der Waals surface area contributed by atoms with Crippen LogP contribution in [-0.4, -0.2) is 24.3 Å². The highest BCUT2D eigenvalue weighted by Gasteiger charge is 2.23. The molecular formula is C11H23NO. The average Bonchev–Trinajstić information content (AvgIpc) is 2.12. The summed E-state index contributed by atoms with van der Waals surface area (Å²) in [6, 6.07) is 0.706. The Labute approximate surface area is 81.7 Å². The SMILES string of the molecule is CC1CCC(NCCCO)CC1C. The van der Waals surface area contributed by atoms with Crippen molar-refractivity contribution in [2.24, 2.45) is 11.8 Å². The van der Waals surface area contributed by atoms with Crippen LogP contribution in [0, 0.1) is 11.8 Å². The molecule has 13 heavy (non-hydrogen) atoms. The summed E-state index contributed by atoms with van der Waals surface area (Å²) in [6.07, 6.45) is 4.88. The van der Waals surface area contributed by atoms with Crippen LogP contribution in [0.1, 0.15) is 39.5 Å². The second kappa shape index (κ2) is 5.61. The monoisotopic (exact) mass is 185 g/mol. The topological polar surface area (TPSA) is 32.3 Å². The molecule has 0 saturated heterocycles. The molecule has 78 valence electrons. The zero-order valence-corrected chi connectivity index (χ0v) is 8.92. The molecule has 2 nitrogen and oxygen atoms in total. The van der Waals surface area contributed by atoms with E-state index in [0.717, 1.165) is 24.8 Å². The molecule has 1 aliphatic rings. The minimum absolute atomic E-state index is 0.311. The van der Waals surface area contributed by atoms with Gasteiger partial charge in [0.15, 0.2) is 0 Å². The van der Waals surface area contributed by atoms with Crippen molar-refractivity contribution < 1.29 is 5.11 Å². The maximum Gasteiger partial charge on any atom is 0.0443 e. The van der Waals surface area contributed by atoms with Crippen LogP contribution in [0.15, 0.2) is 0 Å². The van der Waals surface area contributed by atoms with Gasteiger partial charge in [0.05, 0.1) is 0 Å². The summed E-state index contributed by atoms with van der Waals surface area (Å²) in [5.74, 6) is 1.76. The van der Waals surface area contributed by atoms with E-state index in [4.69, 9.17) is 5.11 Å². The molecule has 1 fully saturated rings. The first-order valence-corrected chi connectivity index (χ1v) is 5.58. The molecule has 0 aromatic rings. The van der Waals surface area contributed by atoms with Gasteiger partial charge in [0.25, 0.3) is 0 Å². The normalized spacial score (nSPS) is 34.8. The third-order valence-corrected chi connectivity index (χ3v) is 3.37. The minimum Gasteiger partial charge on any atom is -0.396 e. The summed E-state index contributed by atoms with van der Waals surface area (Å²) in [7, 11) is 0. The Hall–Kier alpha value is -0.0800. The van der Waals surface area contributed by atoms with Gasteiger partial charge in [-0.15, -0.1) is 0 Å². The molecule has 0 aromatic carbocycles. The van der Waals surface area contributed by atoms with Crippen molar-refractivity contribution in [1.82, 2.24) is 5.32 Å². The molecule has 2 heteroatoms. The van der Waals surface area contributed by atoms with Crippen LogP contribution in [-0.2, 0) is 0 Å². The summed E-state index contributed by atoms with van der Waals surface area (Å²) in [5.41, 5.74) is 0. The predicted octanol–water partition coefficient (Wildman–Crippen LogP) is 1.78. The van der Waals surface area contributed by atoms with E-state index in [2.05, 4.69) is 19.2 Å². The van der Waals surface area contributed by atoms with E-state index in [0.29, 0.717) is 12.6 Å². The molecule has 1 saturated carbocycles. The summed E-state index contributed by atoms with van der Waals surface area (Å²) in [6.45, 7) is 5.99. The van der Waals surface area contributed by atoms with Crippen LogP contribution >= 0.6 is 0 Å². The Bertz CT molecular complexity index is 138. The number of hydrogen-bond donors (Lipinski definition) is 2. The van der Waals surface area contributed by atoms with Gasteiger partial charge >= 0.3 is 0 Å². The van der Waals surface area contributed by atoms with Crippen LogP contribution in [0.2, 0.25) is 0 Å². The van der Waals surface area contributed by atoms with Gasteiger partial charge in [-0.3, -0.25) is 0 Å². The number of hydrogen-bond acceptors (Lipinski definition) is 2. The zero-order valence-electron chi connectivity index (χ0n) is 8.92. The summed E-state index contributed by atoms with van der Waals surface area (Å²) in [4.78, 5) is 0. The van der Waals surface area contributed by atoms with Crippen molar-refractivity contribution in [3.05, 3.63) is 0 Å². The van der Waals surface area contributed by atoms with Crippen LogP contribution in [0.25, 0.3) is 0 Å². The van der Waals surface area contributed by atoms with Crippen LogP contribution in [0.4, 0.5) is 0 Å². The van der Waals surface area contributed by atoms with Gasteiger partial charge in [0.1, 0.15) is 0 Å². The van der Waals surface area contributed by atoms with Crippen molar-refractivity contribution in [3.8, 4) is 0 Å². The number of aliphatic hydroxyl groups is 1. The lowest BCUT2D eigenvalue weighted by molar-refractivity contribution is 0.220. The fourth-order valence-electron chi connectivity index (χ4n) is 2.12. The van der Waals surface area contributed by atoms with Crippen molar-refractivity contribution in [2.75, 3.05) is 13.2 Å². The highest BCUT2D eigenvalue weighted by Crippen LogP contribution is 2.29. The van der Waals surface area contributed by atoms with Crippen LogP contribution < -0.4 is 5.32 Å². The van der Waals surface area contributed by atoms with Gasteiger partial charge in [-0.2, -0.15) is 0 Å². The highest BCUT2D eigenvalue weighted by atomic mass is 16.3. The standard InChI is InChI=1S/C11H23NO/c1-9-4-5-11(8-10(9)2)12-6-3-7-13/h9-13H,3-8H2,1-2H3. The second-order valence-electron chi connectivity index (χ2n) is 4.50. The van der Waals surface area contributed by atoms with E-state index in [1.807, 2.05) is 0 Å². The molecule has 0 spiro atoms. The van der Waals surface area contributed by atoms with Crippen LogP contribution in [0.3, 0.4) is 0 Å². The van der Waals surface area contributed by atoms with E-state index in [1.165, 1.54) is 19.3 Å². The summed E-state index contributed by atoms with van der Waals surface area (Å²) >= 11 is 0. The van der Waals surface area contributed by atoms with E-state index in [1.54, 1.807) is 0 Å². The Morgan fingerprint density at radius 3 is 2.62 bits per heavy atom. The van der Waals surface area contributed by atoms with E-state index in [-0.39, 0.29) is 0 Å². The lowest BCUT2D eigenvalue weighted by Crippen LogP contribution is -2.36. The lowest BCUT2D eigenvalue weighted by atomic mass is 9.79. The van der Waals surface area contributed by atoms with E-state index in [9.17, 15) is 0 Å². The summed E-state index contributed by atoms with van der Waals surface area (Å²) < 4.78 is 0. The smallest absolute Gasteiger partial charge is 0.0443 e. The van der Waals surface area contributed by atoms with Gasteiger partial charge < -0.3 is 10.4 Å². The molecule has 2 N–H and O–H groups in total. The van der Waals surface area contributed by atoms with Crippen LogP contribution in [0.5, 0.6) is 0 Å². The first-order valence-electron chi connectivity index (χ1n) is 5.58. The number of aliphatic hydroxyl groups excluding tert-OH is 1. The fraction of sp³-hybridized carbons (Fsp3) is 1.00. The molecule has 3 atom stereocenters. The van der Waals surface area contributed by atoms with Gasteiger partial charge in [0.2, 0.25) is 0 Å². The zero-order chi connectivity index (χ0) is 9.68. The maximum atomic E-state index is 8.65. The van der Waals surface area contributed by atoms with Gasteiger partial charge in [-0.1, -0.05) is 13.8 Å². The Morgan fingerprint density at radius 1 is 1.23 bits per heavy atom. The molecule has 1 aliphatic carbocycles. The largest absolute Gasteiger partial charge is 0.396 e. The minimum atomic E-state index is 0.311. The quantitative estimate of drug-likeness (QED) is 0.654. The molecule has 0 heterocycles. The van der Waals surface area contributed by atoms with E-state index < -0.39 is 0 Å². The Kier molecular flexibility index (Phi) is 4.74. The van der Waals surface area contributed by atoms with Crippen molar-refractivity contribution >= 4 is 0 Å². The molecule has 0 bridgehead atoms. The third kappa shape index (κ3) is 3.65. The molecule has 0 amide bonds. The Balaban J connectivity index is 2.14. The number of nitrogens with one attached hydrogen (secondary N) is 1. The second-order valence-corrected chi connectivity index (χ2v) is 4.50. The van der Waals surface area contributed by atoms with Crippen molar-refractivity contribution in [3.63, 3.8) is 0 Å². The number of rotatable bonds is 4. The molecular weight excluding hydrogens is 162 g/mol. The van der Waals surface area contributed by atoms with Crippen molar-refractivity contribution in [2.45, 2.75) is 45.6 Å². The third-order valence-electron chi connectivity index (χ3n) is 3.37. The fourth-order valence-corrected chi connectivity index (χ4v) is 2.12. The maximum absolute atomic E-state index is 8.65. The summed E-state index contributed by atoms with van der Waals surface area (Å²) in [5, 5.41) is 12.2. The molecule has 1 rings (SSSR count). The Morgan fingerprint density at radius 2 is 2.00 bits per heavy atom. The van der Waals surface area contributed by atoms with Gasteiger partial charge in [-0.25, -0.2) is 0 Å². The lowest BCUT2D eigenvalue weighted by Gasteiger charge is -2.32. The first kappa shape index (κ1) is 11.0. The van der Waals surface area contributed by atoms with Gasteiger partial charge in [-0.05, 0) is 44.1 Å². The van der Waals surface area contributed by atoms with Crippen molar-refractivity contribution in [1.29, 1.82) is 0 Å².